The molecule has 5 rings (SSSR count). The Kier molecular flexibility index (Phi) is 3.65. The molecule has 0 N–H and O–H groups in total. The van der Waals surface area contributed by atoms with Crippen molar-refractivity contribution in [3.05, 3.63) is 40.5 Å². The van der Waals surface area contributed by atoms with Gasteiger partial charge in [-0.3, -0.25) is 4.90 Å². The third-order valence-electron chi connectivity index (χ3n) is 6.12. The van der Waals surface area contributed by atoms with Gasteiger partial charge in [-0.05, 0) is 54.8 Å². The summed E-state index contributed by atoms with van der Waals surface area (Å²) in [5.41, 5.74) is 5.07. The summed E-state index contributed by atoms with van der Waals surface area (Å²) < 4.78 is 28.2. The lowest BCUT2D eigenvalue weighted by molar-refractivity contribution is 0.135. The number of fused-ring (bicyclic) bond motifs is 7. The van der Waals surface area contributed by atoms with E-state index in [9.17, 15) is 0 Å². The van der Waals surface area contributed by atoms with E-state index in [1.165, 1.54) is 22.3 Å². The van der Waals surface area contributed by atoms with Gasteiger partial charge >= 0.3 is 0 Å². The molecular formula is C21H23NO5. The van der Waals surface area contributed by atoms with Gasteiger partial charge in [-0.2, -0.15) is 0 Å². The van der Waals surface area contributed by atoms with Crippen LogP contribution in [0.3, 0.4) is 0 Å². The Bertz CT molecular complexity index is 926. The fourth-order valence-electron chi connectivity index (χ4n) is 4.78. The summed E-state index contributed by atoms with van der Waals surface area (Å²) in [6, 6.07) is 6.88. The van der Waals surface area contributed by atoms with Gasteiger partial charge in [-0.15, -0.1) is 0 Å². The zero-order valence-corrected chi connectivity index (χ0v) is 16.0. The molecule has 0 aliphatic carbocycles. The van der Waals surface area contributed by atoms with Crippen molar-refractivity contribution in [2.75, 3.05) is 35.2 Å². The maximum absolute atomic E-state index is 5.76. The lowest BCUT2D eigenvalue weighted by atomic mass is 9.76. The molecule has 3 heterocycles. The first kappa shape index (κ1) is 16.6. The van der Waals surface area contributed by atoms with Crippen molar-refractivity contribution in [2.24, 2.45) is 0 Å². The molecule has 0 spiro atoms. The number of methoxy groups -OCH3 is 3. The van der Waals surface area contributed by atoms with Crippen molar-refractivity contribution in [1.82, 2.24) is 4.90 Å². The first-order valence-electron chi connectivity index (χ1n) is 9.12. The van der Waals surface area contributed by atoms with Crippen molar-refractivity contribution in [3.8, 4) is 28.7 Å². The smallest absolute Gasteiger partial charge is 0.231 e. The number of likely N-dealkylation sites (N-methyl/N-ethyl adjacent to an activating group) is 1. The molecule has 3 aliphatic rings. The molecule has 142 valence electrons. The van der Waals surface area contributed by atoms with E-state index < -0.39 is 0 Å². The normalized spacial score (nSPS) is 22.1. The highest BCUT2D eigenvalue weighted by Crippen LogP contribution is 2.55. The van der Waals surface area contributed by atoms with Crippen LogP contribution in [-0.4, -0.2) is 40.1 Å². The van der Waals surface area contributed by atoms with Crippen molar-refractivity contribution in [3.63, 3.8) is 0 Å². The van der Waals surface area contributed by atoms with E-state index >= 15 is 0 Å². The fraction of sp³-hybridized carbons (Fsp3) is 0.429. The lowest BCUT2D eigenvalue weighted by Crippen LogP contribution is -2.40. The van der Waals surface area contributed by atoms with Gasteiger partial charge in [0.25, 0.3) is 0 Å². The molecule has 2 aromatic carbocycles. The second kappa shape index (κ2) is 5.96. The summed E-state index contributed by atoms with van der Waals surface area (Å²) in [5, 5.41) is 0. The maximum atomic E-state index is 5.76. The zero-order chi connectivity index (χ0) is 18.7. The largest absolute Gasteiger partial charge is 0.493 e. The Morgan fingerprint density at radius 1 is 0.889 bits per heavy atom. The molecule has 2 atom stereocenters. The third kappa shape index (κ3) is 2.22. The molecule has 3 aliphatic heterocycles. The summed E-state index contributed by atoms with van der Waals surface area (Å²) in [6.07, 6.45) is 1.75. The second-order valence-corrected chi connectivity index (χ2v) is 7.22. The van der Waals surface area contributed by atoms with Crippen LogP contribution in [-0.2, 0) is 12.8 Å². The third-order valence-corrected chi connectivity index (χ3v) is 6.12. The van der Waals surface area contributed by atoms with Gasteiger partial charge in [-0.25, -0.2) is 0 Å². The highest BCUT2D eigenvalue weighted by Gasteiger charge is 2.42. The van der Waals surface area contributed by atoms with Crippen LogP contribution in [0.5, 0.6) is 28.7 Å². The molecule has 0 saturated heterocycles. The number of rotatable bonds is 3. The van der Waals surface area contributed by atoms with E-state index in [1.54, 1.807) is 21.3 Å². The highest BCUT2D eigenvalue weighted by molar-refractivity contribution is 5.63. The van der Waals surface area contributed by atoms with Crippen LogP contribution in [0, 0.1) is 0 Å². The van der Waals surface area contributed by atoms with Gasteiger partial charge < -0.3 is 23.7 Å². The topological polar surface area (TPSA) is 49.4 Å². The van der Waals surface area contributed by atoms with E-state index in [4.69, 9.17) is 23.7 Å². The lowest BCUT2D eigenvalue weighted by Gasteiger charge is -2.46. The molecule has 0 aromatic heterocycles. The first-order chi connectivity index (χ1) is 13.2. The van der Waals surface area contributed by atoms with E-state index in [0.29, 0.717) is 0 Å². The van der Waals surface area contributed by atoms with Crippen molar-refractivity contribution in [2.45, 2.75) is 24.9 Å². The van der Waals surface area contributed by atoms with Gasteiger partial charge in [0, 0.05) is 17.6 Å². The quantitative estimate of drug-likeness (QED) is 0.828. The van der Waals surface area contributed by atoms with Gasteiger partial charge in [0.1, 0.15) is 0 Å². The van der Waals surface area contributed by atoms with Gasteiger partial charge in [-0.1, -0.05) is 0 Å². The van der Waals surface area contributed by atoms with Crippen molar-refractivity contribution >= 4 is 0 Å². The first-order valence-corrected chi connectivity index (χ1v) is 9.12. The molecule has 0 unspecified atom stereocenters. The average Bonchev–Trinajstić information content (AvgIpc) is 3.15. The Hall–Kier alpha value is -2.60. The summed E-state index contributed by atoms with van der Waals surface area (Å²) in [7, 11) is 7.25. The molecule has 27 heavy (non-hydrogen) atoms. The predicted octanol–water partition coefficient (Wildman–Crippen LogP) is 3.27. The molecule has 0 radical (unpaired) electrons. The number of benzene rings is 2. The van der Waals surface area contributed by atoms with Crippen molar-refractivity contribution in [1.29, 1.82) is 0 Å². The second-order valence-electron chi connectivity index (χ2n) is 7.22. The SMILES string of the molecule is COc1cc2c(cc1OC)[C@@H]1Cc3c(cc4c(c3OC)OCO4)[C@H](C2)N1C. The van der Waals surface area contributed by atoms with E-state index in [0.717, 1.165) is 41.6 Å². The Labute approximate surface area is 158 Å². The van der Waals surface area contributed by atoms with Crippen LogP contribution < -0.4 is 23.7 Å². The van der Waals surface area contributed by atoms with Crippen LogP contribution in [0.25, 0.3) is 0 Å². The Balaban J connectivity index is 1.68. The Morgan fingerprint density at radius 3 is 2.37 bits per heavy atom. The number of hydrogen-bond acceptors (Lipinski definition) is 6. The average molecular weight is 369 g/mol. The monoisotopic (exact) mass is 369 g/mol. The fourth-order valence-corrected chi connectivity index (χ4v) is 4.78. The van der Waals surface area contributed by atoms with E-state index in [2.05, 4.69) is 30.1 Å². The minimum atomic E-state index is 0.243. The molecule has 2 bridgehead atoms. The minimum absolute atomic E-state index is 0.243. The van der Waals surface area contributed by atoms with Gasteiger partial charge in [0.05, 0.1) is 21.3 Å². The molecule has 0 saturated carbocycles. The van der Waals surface area contributed by atoms with Crippen molar-refractivity contribution < 1.29 is 23.7 Å². The number of hydrogen-bond donors (Lipinski definition) is 0. The molecule has 6 nitrogen and oxygen atoms in total. The van der Waals surface area contributed by atoms with E-state index in [-0.39, 0.29) is 18.9 Å². The maximum Gasteiger partial charge on any atom is 0.231 e. The highest BCUT2D eigenvalue weighted by atomic mass is 16.7. The predicted molar refractivity (Wildman–Crippen MR) is 99.3 cm³/mol. The van der Waals surface area contributed by atoms with Gasteiger partial charge in [0.2, 0.25) is 12.5 Å². The van der Waals surface area contributed by atoms with Crippen LogP contribution >= 0.6 is 0 Å². The van der Waals surface area contributed by atoms with Crippen LogP contribution in [0.15, 0.2) is 18.2 Å². The number of nitrogens with zero attached hydrogens (tertiary/aromatic N) is 1. The molecule has 2 aromatic rings. The number of ether oxygens (including phenoxy) is 5. The standard InChI is InChI=1S/C21H23NO5/c1-22-15-5-11-6-17(23-2)18(24-3)8-12(11)16(22)7-14-13(15)9-19-21(20(14)25-4)27-10-26-19/h6,8-9,15-16H,5,7,10H2,1-4H3/t15-,16-/m0/s1. The molecule has 0 fully saturated rings. The molecule has 0 amide bonds. The Morgan fingerprint density at radius 2 is 1.63 bits per heavy atom. The summed E-state index contributed by atoms with van der Waals surface area (Å²) >= 11 is 0. The summed E-state index contributed by atoms with van der Waals surface area (Å²) in [6.45, 7) is 0.243. The minimum Gasteiger partial charge on any atom is -0.493 e. The van der Waals surface area contributed by atoms with E-state index in [1.807, 2.05) is 0 Å². The van der Waals surface area contributed by atoms with Crippen LogP contribution in [0.4, 0.5) is 0 Å². The van der Waals surface area contributed by atoms with Crippen LogP contribution in [0.1, 0.15) is 34.3 Å². The van der Waals surface area contributed by atoms with Crippen LogP contribution in [0.2, 0.25) is 0 Å². The molecule has 6 heteroatoms. The summed E-state index contributed by atoms with van der Waals surface area (Å²) in [4.78, 5) is 2.44. The zero-order valence-electron chi connectivity index (χ0n) is 16.0. The summed E-state index contributed by atoms with van der Waals surface area (Å²) in [5.74, 6) is 3.86. The van der Waals surface area contributed by atoms with Gasteiger partial charge in [0.15, 0.2) is 23.0 Å². The molecular weight excluding hydrogens is 346 g/mol.